The van der Waals surface area contributed by atoms with E-state index in [0.717, 1.165) is 10.9 Å². The van der Waals surface area contributed by atoms with Gasteiger partial charge in [-0.2, -0.15) is 5.26 Å². The number of methoxy groups -OCH3 is 1. The van der Waals surface area contributed by atoms with Crippen molar-refractivity contribution in [2.24, 2.45) is 0 Å². The lowest BCUT2D eigenvalue weighted by Gasteiger charge is -2.11. The van der Waals surface area contributed by atoms with E-state index in [2.05, 4.69) is 14.0 Å². The summed E-state index contributed by atoms with van der Waals surface area (Å²) in [5, 5.41) is 9.98. The quantitative estimate of drug-likeness (QED) is 0.804. The Morgan fingerprint density at radius 3 is 2.65 bits per heavy atom. The van der Waals surface area contributed by atoms with Crippen LogP contribution in [0.1, 0.15) is 11.1 Å². The number of hydrogen-bond acceptors (Lipinski definition) is 4. The molecule has 5 nitrogen and oxygen atoms in total. The first-order valence-electron chi connectivity index (χ1n) is 6.89. The molecule has 0 radical (unpaired) electrons. The third-order valence-electron chi connectivity index (χ3n) is 3.32. The number of ether oxygens (including phenoxy) is 1. The standard InChI is InChI=1S/C16H17N2O3PS/c1-21-14-7-6-12(11-17)10-16(14)23(19,20)18-9-8-13-4-2-3-5-15(13)22/h2-7,10,18H,8-9,22H2,1H3. The summed E-state index contributed by atoms with van der Waals surface area (Å²) in [7, 11) is 0.272. The van der Waals surface area contributed by atoms with Crippen molar-refractivity contribution in [3.63, 3.8) is 0 Å². The molecule has 2 aromatic rings. The van der Waals surface area contributed by atoms with E-state index in [1.54, 1.807) is 0 Å². The van der Waals surface area contributed by atoms with Crippen LogP contribution >= 0.6 is 9.24 Å². The van der Waals surface area contributed by atoms with Gasteiger partial charge in [0.05, 0.1) is 18.7 Å². The molecule has 0 aliphatic rings. The first-order valence-corrected chi connectivity index (χ1v) is 8.95. The van der Waals surface area contributed by atoms with Crippen LogP contribution in [0, 0.1) is 11.3 Å². The van der Waals surface area contributed by atoms with Crippen LogP contribution in [0.4, 0.5) is 0 Å². The Morgan fingerprint density at radius 2 is 2.00 bits per heavy atom. The second kappa shape index (κ2) is 7.56. The summed E-state index contributed by atoms with van der Waals surface area (Å²) < 4.78 is 32.5. The SMILES string of the molecule is COc1ccc(C#N)cc1S(=O)(=O)NCCc1ccccc1P. The normalized spacial score (nSPS) is 11.0. The Labute approximate surface area is 138 Å². The molecule has 0 aliphatic carbocycles. The van der Waals surface area contributed by atoms with Gasteiger partial charge in [0.25, 0.3) is 0 Å². The maximum atomic E-state index is 12.4. The zero-order valence-electron chi connectivity index (χ0n) is 12.6. The van der Waals surface area contributed by atoms with Gasteiger partial charge in [0, 0.05) is 6.54 Å². The highest BCUT2D eigenvalue weighted by Gasteiger charge is 2.19. The van der Waals surface area contributed by atoms with Crippen molar-refractivity contribution >= 4 is 24.6 Å². The van der Waals surface area contributed by atoms with E-state index in [4.69, 9.17) is 10.00 Å². The van der Waals surface area contributed by atoms with Gasteiger partial charge in [-0.1, -0.05) is 24.3 Å². The minimum atomic E-state index is -3.75. The second-order valence-electron chi connectivity index (χ2n) is 4.82. The molecule has 120 valence electrons. The number of benzene rings is 2. The molecule has 0 saturated heterocycles. The number of nitriles is 1. The van der Waals surface area contributed by atoms with Gasteiger partial charge < -0.3 is 4.74 Å². The molecule has 7 heteroatoms. The number of nitrogens with zero attached hydrogens (tertiary/aromatic N) is 1. The molecular formula is C16H17N2O3PS. The Hall–Kier alpha value is -1.93. The van der Waals surface area contributed by atoms with Crippen LogP contribution in [-0.2, 0) is 16.4 Å². The van der Waals surface area contributed by atoms with Gasteiger partial charge in [0.1, 0.15) is 10.6 Å². The van der Waals surface area contributed by atoms with Crippen LogP contribution < -0.4 is 14.8 Å². The fraction of sp³-hybridized carbons (Fsp3) is 0.188. The third-order valence-corrected chi connectivity index (χ3v) is 5.37. The van der Waals surface area contributed by atoms with E-state index in [0.29, 0.717) is 6.42 Å². The minimum Gasteiger partial charge on any atom is -0.495 e. The molecule has 1 unspecified atom stereocenters. The molecule has 1 atom stereocenters. The highest BCUT2D eigenvalue weighted by molar-refractivity contribution is 7.89. The Kier molecular flexibility index (Phi) is 5.73. The maximum Gasteiger partial charge on any atom is 0.244 e. The lowest BCUT2D eigenvalue weighted by molar-refractivity contribution is 0.402. The van der Waals surface area contributed by atoms with Crippen molar-refractivity contribution in [1.29, 1.82) is 5.26 Å². The third kappa shape index (κ3) is 4.29. The minimum absolute atomic E-state index is 0.0294. The van der Waals surface area contributed by atoms with Crippen LogP contribution in [0.5, 0.6) is 5.75 Å². The second-order valence-corrected chi connectivity index (χ2v) is 7.18. The van der Waals surface area contributed by atoms with Crippen molar-refractivity contribution in [1.82, 2.24) is 4.72 Å². The topological polar surface area (TPSA) is 79.2 Å². The van der Waals surface area contributed by atoms with Crippen molar-refractivity contribution in [2.45, 2.75) is 11.3 Å². The predicted octanol–water partition coefficient (Wildman–Crippen LogP) is 1.59. The zero-order chi connectivity index (χ0) is 16.9. The maximum absolute atomic E-state index is 12.4. The monoisotopic (exact) mass is 348 g/mol. The van der Waals surface area contributed by atoms with Crippen LogP contribution in [0.3, 0.4) is 0 Å². The average Bonchev–Trinajstić information content (AvgIpc) is 2.56. The molecule has 0 fully saturated rings. The molecule has 0 amide bonds. The Balaban J connectivity index is 2.16. The Morgan fingerprint density at radius 1 is 1.26 bits per heavy atom. The van der Waals surface area contributed by atoms with Crippen molar-refractivity contribution in [2.75, 3.05) is 13.7 Å². The molecule has 0 aromatic heterocycles. The summed E-state index contributed by atoms with van der Waals surface area (Å²) in [6.45, 7) is 0.258. The van der Waals surface area contributed by atoms with Gasteiger partial charge in [-0.25, -0.2) is 13.1 Å². The van der Waals surface area contributed by atoms with E-state index in [1.807, 2.05) is 30.3 Å². The first kappa shape index (κ1) is 17.4. The molecule has 0 heterocycles. The van der Waals surface area contributed by atoms with Crippen LogP contribution in [0.25, 0.3) is 0 Å². The zero-order valence-corrected chi connectivity index (χ0v) is 14.6. The largest absolute Gasteiger partial charge is 0.495 e. The van der Waals surface area contributed by atoms with Crippen molar-refractivity contribution < 1.29 is 13.2 Å². The van der Waals surface area contributed by atoms with Gasteiger partial charge in [0.2, 0.25) is 10.0 Å². The highest BCUT2D eigenvalue weighted by Crippen LogP contribution is 2.24. The van der Waals surface area contributed by atoms with Gasteiger partial charge in [0.15, 0.2) is 0 Å². The van der Waals surface area contributed by atoms with Crippen molar-refractivity contribution in [3.05, 3.63) is 53.6 Å². The summed E-state index contributed by atoms with van der Waals surface area (Å²) in [5.74, 6) is 0.211. The Bertz CT molecular complexity index is 845. The van der Waals surface area contributed by atoms with Crippen LogP contribution in [0.2, 0.25) is 0 Å². The molecule has 2 rings (SSSR count). The van der Waals surface area contributed by atoms with E-state index < -0.39 is 10.0 Å². The number of hydrogen-bond donors (Lipinski definition) is 1. The van der Waals surface area contributed by atoms with Crippen LogP contribution in [0.15, 0.2) is 47.4 Å². The average molecular weight is 348 g/mol. The summed E-state index contributed by atoms with van der Waals surface area (Å²) in [4.78, 5) is -0.0294. The fourth-order valence-electron chi connectivity index (χ4n) is 2.12. The van der Waals surface area contributed by atoms with E-state index in [9.17, 15) is 8.42 Å². The van der Waals surface area contributed by atoms with E-state index >= 15 is 0 Å². The van der Waals surface area contributed by atoms with Gasteiger partial charge in [-0.3, -0.25) is 0 Å². The molecule has 1 N–H and O–H groups in total. The summed E-state index contributed by atoms with van der Waals surface area (Å²) in [6, 6.07) is 14.0. The van der Waals surface area contributed by atoms with Gasteiger partial charge in [-0.15, -0.1) is 9.24 Å². The molecule has 23 heavy (non-hydrogen) atoms. The highest BCUT2D eigenvalue weighted by atomic mass is 32.2. The predicted molar refractivity (Wildman–Crippen MR) is 92.4 cm³/mol. The summed E-state index contributed by atoms with van der Waals surface area (Å²) in [5.41, 5.74) is 1.32. The number of rotatable bonds is 6. The summed E-state index contributed by atoms with van der Waals surface area (Å²) in [6.07, 6.45) is 0.569. The number of sulfonamides is 1. The van der Waals surface area contributed by atoms with E-state index in [-0.39, 0.29) is 22.8 Å². The lowest BCUT2D eigenvalue weighted by Crippen LogP contribution is -2.27. The molecule has 0 spiro atoms. The summed E-state index contributed by atoms with van der Waals surface area (Å²) >= 11 is 0. The fourth-order valence-corrected chi connectivity index (χ4v) is 3.69. The first-order chi connectivity index (χ1) is 11.0. The van der Waals surface area contributed by atoms with Crippen molar-refractivity contribution in [3.8, 4) is 11.8 Å². The smallest absolute Gasteiger partial charge is 0.244 e. The van der Waals surface area contributed by atoms with Gasteiger partial charge in [-0.05, 0) is 35.5 Å². The molecule has 0 saturated carbocycles. The molecule has 0 bridgehead atoms. The molecular weight excluding hydrogens is 331 g/mol. The van der Waals surface area contributed by atoms with Gasteiger partial charge >= 0.3 is 0 Å². The van der Waals surface area contributed by atoms with E-state index in [1.165, 1.54) is 25.3 Å². The molecule has 0 aliphatic heterocycles. The van der Waals surface area contributed by atoms with Crippen LogP contribution in [-0.4, -0.2) is 22.1 Å². The lowest BCUT2D eigenvalue weighted by atomic mass is 10.1. The molecule has 2 aromatic carbocycles. The number of nitrogens with one attached hydrogen (secondary N) is 1.